The molecule has 0 bridgehead atoms. The van der Waals surface area contributed by atoms with Crippen LogP contribution in [0.1, 0.15) is 24.0 Å². The SMILES string of the molecule is COc1cc(N=Nc2c(SOOO)cc3c(S(=O)(=O)O)c(N=Nc4c(C)c(C#N)c5nc6ccccc6n5c4O)ccc3c2O)c(N(CCCSOOO)CCCS(=O)(=O)O)cc1N=Nc1nc2cc(SOOO)c(OC)c(S(=O)(=O)O)c2s1. The zero-order valence-corrected chi connectivity index (χ0v) is 48.3. The van der Waals surface area contributed by atoms with Crippen LogP contribution in [0.2, 0.25) is 0 Å². The number of thiazole rings is 1. The van der Waals surface area contributed by atoms with Crippen molar-refractivity contribution in [3.63, 3.8) is 0 Å². The van der Waals surface area contributed by atoms with Crippen LogP contribution in [0.25, 0.3) is 37.7 Å². The summed E-state index contributed by atoms with van der Waals surface area (Å²) in [7, 11) is -12.6. The molecule has 40 heteroatoms. The van der Waals surface area contributed by atoms with Gasteiger partial charge in [-0.25, -0.2) is 25.7 Å². The number of aromatic hydroxyl groups is 2. The Morgan fingerprint density at radius 2 is 1.38 bits per heavy atom. The van der Waals surface area contributed by atoms with Crippen molar-refractivity contribution in [1.82, 2.24) is 14.4 Å². The van der Waals surface area contributed by atoms with Crippen LogP contribution in [0.5, 0.6) is 23.1 Å². The van der Waals surface area contributed by atoms with Crippen molar-refractivity contribution < 1.29 is 102 Å². The molecule has 3 aromatic heterocycles. The van der Waals surface area contributed by atoms with E-state index in [1.807, 2.05) is 6.07 Å². The summed E-state index contributed by atoms with van der Waals surface area (Å²) in [4.78, 5) is 8.18. The van der Waals surface area contributed by atoms with Gasteiger partial charge in [0.15, 0.2) is 27.7 Å². The highest BCUT2D eigenvalue weighted by molar-refractivity contribution is 7.95. The number of azo groups is 3. The second-order valence-corrected chi connectivity index (χ2v) is 24.2. The molecule has 0 aliphatic rings. The third kappa shape index (κ3) is 13.8. The Balaban J connectivity index is 1.27. The molecule has 84 heavy (non-hydrogen) atoms. The fourth-order valence-electron chi connectivity index (χ4n) is 8.32. The highest BCUT2D eigenvalue weighted by Crippen LogP contribution is 2.50. The van der Waals surface area contributed by atoms with E-state index < -0.39 is 80.0 Å². The first-order valence-corrected chi connectivity index (χ1v) is 30.7. The fraction of sp³-hybridized carbons (Fsp3) is 0.205. The van der Waals surface area contributed by atoms with Gasteiger partial charge in [-0.05, 0) is 62.2 Å². The van der Waals surface area contributed by atoms with Gasteiger partial charge in [0, 0.05) is 53.3 Å². The van der Waals surface area contributed by atoms with Gasteiger partial charge < -0.3 is 24.6 Å². The number of anilines is 1. The highest BCUT2D eigenvalue weighted by Gasteiger charge is 2.30. The lowest BCUT2D eigenvalue weighted by molar-refractivity contribution is -0.432. The van der Waals surface area contributed by atoms with Crippen LogP contribution < -0.4 is 14.4 Å². The third-order valence-electron chi connectivity index (χ3n) is 11.7. The summed E-state index contributed by atoms with van der Waals surface area (Å²) in [6, 6.07) is 15.8. The lowest BCUT2D eigenvalue weighted by Crippen LogP contribution is -2.27. The lowest BCUT2D eigenvalue weighted by Gasteiger charge is -2.26. The number of aromatic nitrogens is 3. The van der Waals surface area contributed by atoms with Crippen LogP contribution in [0.15, 0.2) is 111 Å². The number of methoxy groups -OCH3 is 2. The Morgan fingerprint density at radius 3 is 2.05 bits per heavy atom. The largest absolute Gasteiger partial charge is 0.505 e. The lowest BCUT2D eigenvalue weighted by atomic mass is 10.1. The Hall–Kier alpha value is -7.09. The summed E-state index contributed by atoms with van der Waals surface area (Å²) in [6.07, 6.45) is 0.00524. The van der Waals surface area contributed by atoms with Crippen molar-refractivity contribution >= 4 is 155 Å². The minimum Gasteiger partial charge on any atom is -0.505 e. The number of imidazole rings is 1. The van der Waals surface area contributed by atoms with Crippen molar-refractivity contribution in [3.05, 3.63) is 71.8 Å². The first-order chi connectivity index (χ1) is 40.1. The van der Waals surface area contributed by atoms with E-state index in [1.54, 1.807) is 29.2 Å². The van der Waals surface area contributed by atoms with Crippen LogP contribution in [-0.2, 0) is 58.5 Å². The van der Waals surface area contributed by atoms with Crippen molar-refractivity contribution in [1.29, 1.82) is 5.26 Å². The number of para-hydroxylation sites is 2. The number of nitriles is 1. The normalized spacial score (nSPS) is 12.6. The molecule has 0 radical (unpaired) electrons. The van der Waals surface area contributed by atoms with Crippen molar-refractivity contribution in [2.24, 2.45) is 30.7 Å². The number of nitrogens with zero attached hydrogens (tertiary/aromatic N) is 11. The maximum absolute atomic E-state index is 13.3. The molecule has 33 nitrogen and oxygen atoms in total. The molecule has 0 aliphatic carbocycles. The van der Waals surface area contributed by atoms with Gasteiger partial charge in [0.05, 0.1) is 80.8 Å². The van der Waals surface area contributed by atoms with Gasteiger partial charge in [0.2, 0.25) is 11.0 Å². The molecule has 0 atom stereocenters. The summed E-state index contributed by atoms with van der Waals surface area (Å²) >= 11 is 1.82. The van der Waals surface area contributed by atoms with E-state index >= 15 is 0 Å². The van der Waals surface area contributed by atoms with E-state index in [0.717, 1.165) is 19.2 Å². The second kappa shape index (κ2) is 26.9. The molecule has 0 spiro atoms. The summed E-state index contributed by atoms with van der Waals surface area (Å²) in [5, 5.41) is 95.8. The summed E-state index contributed by atoms with van der Waals surface area (Å²) < 4.78 is 132. The molecule has 0 aliphatic heterocycles. The summed E-state index contributed by atoms with van der Waals surface area (Å²) in [6.45, 7) is 1.33. The quantitative estimate of drug-likeness (QED) is 0.00592. The maximum Gasteiger partial charge on any atom is 0.299 e. The van der Waals surface area contributed by atoms with Gasteiger partial charge >= 0.3 is 0 Å². The first kappa shape index (κ1) is 62.9. The molecular formula is C44H39N11O22S7. The van der Waals surface area contributed by atoms with Gasteiger partial charge in [-0.3, -0.25) is 18.1 Å². The van der Waals surface area contributed by atoms with Crippen molar-refractivity contribution in [2.45, 2.75) is 39.3 Å². The maximum atomic E-state index is 13.3. The Labute approximate surface area is 488 Å². The third-order valence-corrected chi connectivity index (χ3v) is 17.3. The van der Waals surface area contributed by atoms with Crippen LogP contribution >= 0.6 is 47.5 Å². The minimum absolute atomic E-state index is 0.00379. The van der Waals surface area contributed by atoms with Crippen LogP contribution in [-0.4, -0.2) is 118 Å². The van der Waals surface area contributed by atoms with E-state index in [0.29, 0.717) is 46.5 Å². The fourth-order valence-corrected chi connectivity index (χ4v) is 13.1. The number of rotatable bonds is 27. The topological polar surface area (TPSA) is 469 Å². The molecule has 444 valence electrons. The Bertz CT molecular complexity index is 4330. The number of pyridine rings is 1. The smallest absolute Gasteiger partial charge is 0.299 e. The molecule has 0 saturated carbocycles. The summed E-state index contributed by atoms with van der Waals surface area (Å²) in [5.41, 5.74) is -0.503. The Morgan fingerprint density at radius 1 is 0.714 bits per heavy atom. The van der Waals surface area contributed by atoms with Gasteiger partial charge in [-0.2, -0.15) is 30.5 Å². The second-order valence-electron chi connectivity index (χ2n) is 16.7. The van der Waals surface area contributed by atoms with E-state index in [4.69, 9.17) is 24.3 Å². The van der Waals surface area contributed by atoms with E-state index in [2.05, 4.69) is 64.4 Å². The molecule has 0 amide bonds. The molecule has 8 rings (SSSR count). The molecule has 0 unspecified atom stereocenters. The number of hydrogen-bond donors (Lipinski definition) is 8. The molecule has 0 fully saturated rings. The van der Waals surface area contributed by atoms with Crippen molar-refractivity contribution in [3.8, 4) is 29.2 Å². The van der Waals surface area contributed by atoms with Gasteiger partial charge in [-0.15, -0.1) is 43.7 Å². The number of hydrogen-bond acceptors (Lipinski definition) is 33. The Kier molecular flexibility index (Phi) is 20.1. The summed E-state index contributed by atoms with van der Waals surface area (Å²) in [5.74, 6) is -2.42. The zero-order valence-electron chi connectivity index (χ0n) is 42.6. The number of phenols is 1. The monoisotopic (exact) mass is 1300 g/mol. The molecule has 8 aromatic rings. The van der Waals surface area contributed by atoms with Crippen LogP contribution in [0.4, 0.5) is 39.3 Å². The van der Waals surface area contributed by atoms with E-state index in [1.165, 1.54) is 42.7 Å². The van der Waals surface area contributed by atoms with Crippen molar-refractivity contribution in [2.75, 3.05) is 43.7 Å². The standard InChI is InChI=1S/C44H39N11O22S7/c1-21-24(20-45)42-46-25-8-4-5-9-30(25)55(42)43(57)35(21)51-48-26-11-10-22-23(40(26)83(64,65)66)16-33(80-76-73-59)36(37(22)56)52-49-27-18-32(70-2)28(17-31(27)54(12-6-14-78-75-72-58)13-7-15-82(61,62)63)50-53-44-47-29-19-34(81-77-74-60)38(71-3)41(39(29)79-44)84(67,68)69/h4-5,8-11,16-19,56-60H,6-7,12-15H2,1-3H3,(H,61,62,63)(H,64,65,66)(H,67,68,69). The van der Waals surface area contributed by atoms with Gasteiger partial charge in [0.25, 0.3) is 30.4 Å². The number of ether oxygens (including phenoxy) is 2. The zero-order chi connectivity index (χ0) is 60.7. The molecule has 8 N–H and O–H groups in total. The van der Waals surface area contributed by atoms with Gasteiger partial charge in [-0.1, -0.05) is 38.6 Å². The molecule has 5 aromatic carbocycles. The molecule has 0 saturated heterocycles. The average molecular weight is 1300 g/mol. The van der Waals surface area contributed by atoms with Crippen LogP contribution in [0.3, 0.4) is 0 Å². The number of benzene rings is 5. The number of phenolic OH excluding ortho intramolecular Hbond substituents is 1. The molecular weight excluding hydrogens is 1260 g/mol. The average Bonchev–Trinajstić information content (AvgIpc) is 1.80. The minimum atomic E-state index is -5.33. The molecule has 3 heterocycles. The highest BCUT2D eigenvalue weighted by atomic mass is 32.2. The predicted octanol–water partition coefficient (Wildman–Crippen LogP) is 11.0. The predicted molar refractivity (Wildman–Crippen MR) is 297 cm³/mol. The first-order valence-electron chi connectivity index (χ1n) is 23.0. The number of fused-ring (bicyclic) bond motifs is 5. The van der Waals surface area contributed by atoms with E-state index in [-0.39, 0.29) is 120 Å². The van der Waals surface area contributed by atoms with E-state index in [9.17, 15) is 59.6 Å². The van der Waals surface area contributed by atoms with Gasteiger partial charge in [0.1, 0.15) is 45.0 Å². The van der Waals surface area contributed by atoms with Crippen LogP contribution in [0, 0.1) is 18.3 Å².